The van der Waals surface area contributed by atoms with E-state index >= 15 is 0 Å². The molecule has 0 bridgehead atoms. The van der Waals surface area contributed by atoms with Crippen molar-refractivity contribution in [2.24, 2.45) is 0 Å². The second-order valence-electron chi connectivity index (χ2n) is 6.24. The van der Waals surface area contributed by atoms with Crippen LogP contribution in [0.2, 0.25) is 0 Å². The molecule has 3 aromatic rings. The van der Waals surface area contributed by atoms with Gasteiger partial charge in [0.1, 0.15) is 5.75 Å². The van der Waals surface area contributed by atoms with Gasteiger partial charge in [0.15, 0.2) is 5.11 Å². The Morgan fingerprint density at radius 2 is 2.00 bits per heavy atom. The van der Waals surface area contributed by atoms with E-state index in [9.17, 15) is 0 Å². The maximum atomic E-state index is 5.67. The topological polar surface area (TPSA) is 40.3 Å². The number of H-pyrrole nitrogens is 1. The Kier molecular flexibility index (Phi) is 5.24. The Morgan fingerprint density at radius 1 is 1.20 bits per heavy atom. The zero-order valence-electron chi connectivity index (χ0n) is 14.7. The van der Waals surface area contributed by atoms with Gasteiger partial charge in [-0.3, -0.25) is 0 Å². The fourth-order valence-corrected chi connectivity index (χ4v) is 3.22. The Hall–Kier alpha value is -2.53. The predicted octanol–water partition coefficient (Wildman–Crippen LogP) is 4.78. The summed E-state index contributed by atoms with van der Waals surface area (Å²) >= 11 is 5.67. The van der Waals surface area contributed by atoms with Crippen LogP contribution < -0.4 is 10.1 Å². The van der Waals surface area contributed by atoms with Crippen molar-refractivity contribution >= 4 is 33.9 Å². The van der Waals surface area contributed by atoms with Gasteiger partial charge in [0, 0.05) is 41.4 Å². The van der Waals surface area contributed by atoms with Crippen LogP contribution in [0.25, 0.3) is 10.9 Å². The van der Waals surface area contributed by atoms with E-state index < -0.39 is 0 Å². The van der Waals surface area contributed by atoms with E-state index in [-0.39, 0.29) is 6.04 Å². The number of anilines is 1. The molecule has 25 heavy (non-hydrogen) atoms. The van der Waals surface area contributed by atoms with Gasteiger partial charge >= 0.3 is 0 Å². The smallest absolute Gasteiger partial charge is 0.173 e. The van der Waals surface area contributed by atoms with Gasteiger partial charge in [0.25, 0.3) is 0 Å². The summed E-state index contributed by atoms with van der Waals surface area (Å²) in [4.78, 5) is 5.51. The monoisotopic (exact) mass is 353 g/mol. The number of rotatable bonds is 5. The highest BCUT2D eigenvalue weighted by molar-refractivity contribution is 7.80. The first-order chi connectivity index (χ1) is 12.1. The molecule has 0 aliphatic carbocycles. The van der Waals surface area contributed by atoms with Crippen LogP contribution >= 0.6 is 12.2 Å². The van der Waals surface area contributed by atoms with Crippen molar-refractivity contribution in [2.45, 2.75) is 26.4 Å². The normalized spacial score (nSPS) is 10.9. The summed E-state index contributed by atoms with van der Waals surface area (Å²) < 4.78 is 5.28. The van der Waals surface area contributed by atoms with Crippen molar-refractivity contribution < 1.29 is 4.74 Å². The maximum absolute atomic E-state index is 5.67. The molecular weight excluding hydrogens is 330 g/mol. The summed E-state index contributed by atoms with van der Waals surface area (Å²) in [7, 11) is 1.66. The number of para-hydroxylation sites is 1. The maximum Gasteiger partial charge on any atom is 0.173 e. The molecule has 0 atom stereocenters. The number of nitrogens with zero attached hydrogens (tertiary/aromatic N) is 1. The highest BCUT2D eigenvalue weighted by Crippen LogP contribution is 2.22. The molecule has 0 spiro atoms. The highest BCUT2D eigenvalue weighted by Gasteiger charge is 2.16. The lowest BCUT2D eigenvalue weighted by Gasteiger charge is -2.29. The fourth-order valence-electron chi connectivity index (χ4n) is 2.83. The Bertz CT molecular complexity index is 872. The van der Waals surface area contributed by atoms with Gasteiger partial charge in [-0.2, -0.15) is 0 Å². The van der Waals surface area contributed by atoms with Crippen molar-refractivity contribution in [2.75, 3.05) is 12.4 Å². The second kappa shape index (κ2) is 7.57. The lowest BCUT2D eigenvalue weighted by atomic mass is 10.1. The van der Waals surface area contributed by atoms with Gasteiger partial charge in [-0.15, -0.1) is 0 Å². The third-order valence-corrected chi connectivity index (χ3v) is 4.56. The van der Waals surface area contributed by atoms with Crippen LogP contribution in [0.5, 0.6) is 5.75 Å². The number of hydrogen-bond acceptors (Lipinski definition) is 2. The van der Waals surface area contributed by atoms with E-state index in [0.29, 0.717) is 5.11 Å². The Labute approximate surface area is 153 Å². The first-order valence-corrected chi connectivity index (χ1v) is 8.76. The van der Waals surface area contributed by atoms with Crippen LogP contribution in [-0.2, 0) is 6.54 Å². The van der Waals surface area contributed by atoms with Crippen LogP contribution in [-0.4, -0.2) is 28.1 Å². The van der Waals surface area contributed by atoms with Crippen LogP contribution in [0.1, 0.15) is 19.4 Å². The zero-order valence-corrected chi connectivity index (χ0v) is 15.6. The molecule has 0 radical (unpaired) electrons. The number of thiocarbonyl (C=S) groups is 1. The van der Waals surface area contributed by atoms with Crippen molar-refractivity contribution in [3.05, 3.63) is 60.3 Å². The van der Waals surface area contributed by atoms with E-state index in [1.807, 2.05) is 30.3 Å². The Morgan fingerprint density at radius 3 is 2.76 bits per heavy atom. The predicted molar refractivity (Wildman–Crippen MR) is 108 cm³/mol. The number of nitrogens with one attached hydrogen (secondary N) is 2. The molecule has 5 heteroatoms. The van der Waals surface area contributed by atoms with E-state index in [1.54, 1.807) is 7.11 Å². The van der Waals surface area contributed by atoms with Gasteiger partial charge in [-0.1, -0.05) is 24.3 Å². The highest BCUT2D eigenvalue weighted by atomic mass is 32.1. The van der Waals surface area contributed by atoms with Gasteiger partial charge < -0.3 is 19.9 Å². The molecule has 0 saturated carbocycles. The van der Waals surface area contributed by atoms with E-state index in [4.69, 9.17) is 17.0 Å². The number of ether oxygens (including phenoxy) is 1. The number of methoxy groups -OCH3 is 1. The van der Waals surface area contributed by atoms with Gasteiger partial charge in [0.05, 0.1) is 7.11 Å². The van der Waals surface area contributed by atoms with E-state index in [0.717, 1.165) is 23.5 Å². The molecular formula is C20H23N3OS. The van der Waals surface area contributed by atoms with Crippen molar-refractivity contribution in [1.29, 1.82) is 0 Å². The molecule has 0 saturated heterocycles. The van der Waals surface area contributed by atoms with E-state index in [1.165, 1.54) is 10.9 Å². The summed E-state index contributed by atoms with van der Waals surface area (Å²) in [5.41, 5.74) is 3.31. The minimum Gasteiger partial charge on any atom is -0.497 e. The molecule has 1 heterocycles. The minimum absolute atomic E-state index is 0.277. The summed E-state index contributed by atoms with van der Waals surface area (Å²) in [6.07, 6.45) is 2.06. The summed E-state index contributed by atoms with van der Waals surface area (Å²) in [6, 6.07) is 16.4. The second-order valence-corrected chi connectivity index (χ2v) is 6.63. The van der Waals surface area contributed by atoms with Crippen molar-refractivity contribution in [1.82, 2.24) is 9.88 Å². The quantitative estimate of drug-likeness (QED) is 0.648. The molecule has 1 aromatic heterocycles. The average molecular weight is 353 g/mol. The third-order valence-electron chi connectivity index (χ3n) is 4.22. The summed E-state index contributed by atoms with van der Waals surface area (Å²) in [5.74, 6) is 0.806. The largest absolute Gasteiger partial charge is 0.497 e. The van der Waals surface area contributed by atoms with Gasteiger partial charge in [-0.05, 0) is 49.8 Å². The van der Waals surface area contributed by atoms with Crippen molar-refractivity contribution in [3.63, 3.8) is 0 Å². The molecule has 0 aliphatic heterocycles. The first kappa shape index (κ1) is 17.3. The standard InChI is InChI=1S/C20H23N3OS/c1-14(2)23(13-15-12-21-19-10-5-4-9-18(15)19)20(25)22-16-7-6-8-17(11-16)24-3/h4-12,14,21H,13H2,1-3H3,(H,22,25). The van der Waals surface area contributed by atoms with Crippen LogP contribution in [0.15, 0.2) is 54.7 Å². The van der Waals surface area contributed by atoms with Crippen molar-refractivity contribution in [3.8, 4) is 5.75 Å². The lowest BCUT2D eigenvalue weighted by Crippen LogP contribution is -2.39. The van der Waals surface area contributed by atoms with Gasteiger partial charge in [-0.25, -0.2) is 0 Å². The summed E-state index contributed by atoms with van der Waals surface area (Å²) in [6.45, 7) is 5.04. The molecule has 0 amide bonds. The number of aromatic amines is 1. The molecule has 2 aromatic carbocycles. The Balaban J connectivity index is 1.79. The minimum atomic E-state index is 0.277. The number of aromatic nitrogens is 1. The SMILES string of the molecule is COc1cccc(NC(=S)N(Cc2c[nH]c3ccccc23)C(C)C)c1. The molecule has 130 valence electrons. The molecule has 2 N–H and O–H groups in total. The van der Waals surface area contributed by atoms with Crippen LogP contribution in [0.4, 0.5) is 5.69 Å². The average Bonchev–Trinajstić information content (AvgIpc) is 3.02. The zero-order chi connectivity index (χ0) is 17.8. The number of benzene rings is 2. The molecule has 3 rings (SSSR count). The fraction of sp³-hybridized carbons (Fsp3) is 0.250. The lowest BCUT2D eigenvalue weighted by molar-refractivity contribution is 0.349. The molecule has 4 nitrogen and oxygen atoms in total. The van der Waals surface area contributed by atoms with E-state index in [2.05, 4.69) is 53.4 Å². The van der Waals surface area contributed by atoms with Crippen LogP contribution in [0, 0.1) is 0 Å². The summed E-state index contributed by atoms with van der Waals surface area (Å²) in [5, 5.41) is 5.26. The molecule has 0 unspecified atom stereocenters. The van der Waals surface area contributed by atoms with Crippen LogP contribution in [0.3, 0.4) is 0 Å². The molecule has 0 fully saturated rings. The number of hydrogen-bond donors (Lipinski definition) is 2. The first-order valence-electron chi connectivity index (χ1n) is 8.35. The number of fused-ring (bicyclic) bond motifs is 1. The molecule has 0 aliphatic rings. The van der Waals surface area contributed by atoms with Gasteiger partial charge in [0.2, 0.25) is 0 Å². The third kappa shape index (κ3) is 3.94.